The highest BCUT2D eigenvalue weighted by atomic mass is 31.2. The maximum Gasteiger partial charge on any atom is 0.472 e. The van der Waals surface area contributed by atoms with E-state index < -0.39 is 20.0 Å². The van der Waals surface area contributed by atoms with E-state index in [4.69, 9.17) is 22.4 Å². The van der Waals surface area contributed by atoms with Gasteiger partial charge in [0.05, 0.1) is 26.6 Å². The van der Waals surface area contributed by atoms with Gasteiger partial charge in [0.1, 0.15) is 0 Å². The molecule has 9 heteroatoms. The van der Waals surface area contributed by atoms with Crippen LogP contribution < -0.4 is 0 Å². The van der Waals surface area contributed by atoms with Gasteiger partial charge in [0, 0.05) is 13.7 Å². The van der Waals surface area contributed by atoms with Crippen molar-refractivity contribution >= 4 is 21.6 Å². The van der Waals surface area contributed by atoms with Crippen LogP contribution in [0.2, 0.25) is 6.32 Å². The van der Waals surface area contributed by atoms with Gasteiger partial charge in [0.15, 0.2) is 0 Å². The number of rotatable bonds is 5. The Labute approximate surface area is 101 Å². The first kappa shape index (κ1) is 14.7. The molecule has 0 spiro atoms. The highest BCUT2D eigenvalue weighted by Gasteiger charge is 2.38. The first-order valence-corrected chi connectivity index (χ1v) is 6.60. The Balaban J connectivity index is 2.64. The number of aliphatic hydroxyl groups is 1. The fourth-order valence-corrected chi connectivity index (χ4v) is 2.39. The highest BCUT2D eigenvalue weighted by Crippen LogP contribution is 2.45. The molecule has 17 heavy (non-hydrogen) atoms. The van der Waals surface area contributed by atoms with E-state index in [1.165, 1.54) is 4.90 Å². The zero-order valence-corrected chi connectivity index (χ0v) is 10.4. The van der Waals surface area contributed by atoms with E-state index in [9.17, 15) is 9.36 Å². The summed E-state index contributed by atoms with van der Waals surface area (Å²) < 4.78 is 20.3. The summed E-state index contributed by atoms with van der Waals surface area (Å²) in [5.41, 5.74) is 0. The summed E-state index contributed by atoms with van der Waals surface area (Å²) in [4.78, 5) is 21.9. The van der Waals surface area contributed by atoms with Crippen molar-refractivity contribution in [2.75, 3.05) is 20.3 Å². The lowest BCUT2D eigenvalue weighted by Gasteiger charge is -2.22. The zero-order chi connectivity index (χ0) is 13.1. The van der Waals surface area contributed by atoms with Gasteiger partial charge in [0.25, 0.3) is 0 Å². The third-order valence-electron chi connectivity index (χ3n) is 2.59. The van der Waals surface area contributed by atoms with E-state index in [1.54, 1.807) is 0 Å². The van der Waals surface area contributed by atoms with Gasteiger partial charge < -0.3 is 14.9 Å². The van der Waals surface area contributed by atoms with Crippen molar-refractivity contribution in [3.63, 3.8) is 0 Å². The number of carbonyl (C=O) groups is 1. The number of carbonyl (C=O) groups excluding carboxylic acids is 1. The van der Waals surface area contributed by atoms with E-state index >= 15 is 0 Å². The standard InChI is InChI=1S/C8H15BNO6P/c1-15-17(13,14)16-7-2-6(5-11)10(4-7)8(12)3-9/h6-7,11H,2-5H2,1H3,(H,13,14)/t6-,7+/m0/s1. The average molecular weight is 263 g/mol. The van der Waals surface area contributed by atoms with Crippen LogP contribution >= 0.6 is 7.82 Å². The van der Waals surface area contributed by atoms with Crippen LogP contribution in [-0.2, 0) is 18.4 Å². The lowest BCUT2D eigenvalue weighted by molar-refractivity contribution is -0.130. The van der Waals surface area contributed by atoms with E-state index in [-0.39, 0.29) is 31.8 Å². The molecule has 1 heterocycles. The van der Waals surface area contributed by atoms with Crippen molar-refractivity contribution in [1.82, 2.24) is 4.90 Å². The minimum absolute atomic E-state index is 0.120. The third kappa shape index (κ3) is 3.79. The summed E-state index contributed by atoms with van der Waals surface area (Å²) in [5.74, 6) is -0.333. The van der Waals surface area contributed by atoms with Crippen LogP contribution in [0.4, 0.5) is 0 Å². The van der Waals surface area contributed by atoms with E-state index in [0.717, 1.165) is 7.11 Å². The Hall–Kier alpha value is -0.395. The quantitative estimate of drug-likeness (QED) is 0.503. The van der Waals surface area contributed by atoms with Gasteiger partial charge in [-0.1, -0.05) is 0 Å². The number of likely N-dealkylation sites (tertiary alicyclic amines) is 1. The summed E-state index contributed by atoms with van der Waals surface area (Å²) in [6, 6.07) is -0.437. The number of nitrogens with zero attached hydrogens (tertiary/aromatic N) is 1. The smallest absolute Gasteiger partial charge is 0.394 e. The molecule has 0 saturated carbocycles. The molecule has 1 fully saturated rings. The Morgan fingerprint density at radius 1 is 1.65 bits per heavy atom. The normalized spacial score (nSPS) is 28.1. The van der Waals surface area contributed by atoms with E-state index in [0.29, 0.717) is 0 Å². The molecule has 3 atom stereocenters. The molecule has 1 aliphatic heterocycles. The SMILES string of the molecule is [B]CC(=O)N1C[C@H](OP(=O)(O)OC)C[C@H]1CO. The molecule has 0 bridgehead atoms. The first-order valence-electron chi connectivity index (χ1n) is 5.10. The Kier molecular flexibility index (Phi) is 5.15. The van der Waals surface area contributed by atoms with Crippen LogP contribution in [0.15, 0.2) is 0 Å². The number of hydrogen-bond donors (Lipinski definition) is 2. The van der Waals surface area contributed by atoms with Crippen LogP contribution in [0.1, 0.15) is 6.42 Å². The second-order valence-corrected chi connectivity index (χ2v) is 5.21. The molecule has 0 aromatic carbocycles. The van der Waals surface area contributed by atoms with Crippen molar-refractivity contribution in [1.29, 1.82) is 0 Å². The summed E-state index contributed by atoms with van der Waals surface area (Å²) in [7, 11) is 2.21. The van der Waals surface area contributed by atoms with Crippen molar-refractivity contribution in [2.24, 2.45) is 0 Å². The molecule has 1 rings (SSSR count). The van der Waals surface area contributed by atoms with Crippen LogP contribution in [-0.4, -0.2) is 61.1 Å². The molecule has 1 amide bonds. The van der Waals surface area contributed by atoms with Gasteiger partial charge in [-0.05, 0) is 12.7 Å². The zero-order valence-electron chi connectivity index (χ0n) is 9.48. The largest absolute Gasteiger partial charge is 0.472 e. The predicted octanol–water partition coefficient (Wildman–Crippen LogP) is -0.702. The van der Waals surface area contributed by atoms with Crippen molar-refractivity contribution in [3.8, 4) is 0 Å². The topological polar surface area (TPSA) is 96.3 Å². The summed E-state index contributed by atoms with van der Waals surface area (Å²) in [5, 5.41) is 9.10. The van der Waals surface area contributed by atoms with E-state index in [2.05, 4.69) is 4.52 Å². The molecule has 2 N–H and O–H groups in total. The maximum absolute atomic E-state index is 11.4. The van der Waals surface area contributed by atoms with Gasteiger partial charge in [-0.2, -0.15) is 0 Å². The number of amides is 1. The molecule has 7 nitrogen and oxygen atoms in total. The van der Waals surface area contributed by atoms with Gasteiger partial charge >= 0.3 is 7.82 Å². The highest BCUT2D eigenvalue weighted by molar-refractivity contribution is 7.47. The Morgan fingerprint density at radius 3 is 2.76 bits per heavy atom. The fourth-order valence-electron chi connectivity index (χ4n) is 1.78. The molecular weight excluding hydrogens is 248 g/mol. The Morgan fingerprint density at radius 2 is 2.29 bits per heavy atom. The minimum Gasteiger partial charge on any atom is -0.394 e. The van der Waals surface area contributed by atoms with E-state index in [1.807, 2.05) is 0 Å². The lowest BCUT2D eigenvalue weighted by Crippen LogP contribution is -2.37. The molecule has 0 aromatic heterocycles. The molecular formula is C8H15BNO6P. The molecule has 0 aromatic rings. The molecule has 2 radical (unpaired) electrons. The van der Waals surface area contributed by atoms with Crippen LogP contribution in [0, 0.1) is 0 Å². The van der Waals surface area contributed by atoms with Gasteiger partial charge in [0.2, 0.25) is 5.91 Å². The number of aliphatic hydroxyl groups excluding tert-OH is 1. The van der Waals surface area contributed by atoms with Crippen molar-refractivity contribution < 1.29 is 28.4 Å². The molecule has 1 aliphatic rings. The number of phosphoric acid groups is 1. The minimum atomic E-state index is -4.08. The first-order chi connectivity index (χ1) is 7.93. The molecule has 1 saturated heterocycles. The number of hydrogen-bond acceptors (Lipinski definition) is 5. The second-order valence-electron chi connectivity index (χ2n) is 3.70. The summed E-state index contributed by atoms with van der Waals surface area (Å²) >= 11 is 0. The fraction of sp³-hybridized carbons (Fsp3) is 0.875. The molecule has 0 aliphatic carbocycles. The lowest BCUT2D eigenvalue weighted by atomic mass is 10.0. The van der Waals surface area contributed by atoms with Gasteiger partial charge in [-0.15, -0.1) is 0 Å². The third-order valence-corrected chi connectivity index (χ3v) is 3.62. The summed E-state index contributed by atoms with van der Waals surface area (Å²) in [6.45, 7) is -0.122. The predicted molar refractivity (Wildman–Crippen MR) is 59.5 cm³/mol. The van der Waals surface area contributed by atoms with Crippen LogP contribution in [0.25, 0.3) is 0 Å². The monoisotopic (exact) mass is 263 g/mol. The van der Waals surface area contributed by atoms with Crippen molar-refractivity contribution in [3.05, 3.63) is 0 Å². The van der Waals surface area contributed by atoms with Crippen LogP contribution in [0.3, 0.4) is 0 Å². The summed E-state index contributed by atoms with van der Waals surface area (Å²) in [6.07, 6.45) is -0.543. The number of phosphoric ester groups is 1. The van der Waals surface area contributed by atoms with Gasteiger partial charge in [-0.25, -0.2) is 4.57 Å². The van der Waals surface area contributed by atoms with Crippen LogP contribution in [0.5, 0.6) is 0 Å². The average Bonchev–Trinajstić information content (AvgIpc) is 2.70. The second kappa shape index (κ2) is 5.97. The Bertz CT molecular complexity index is 327. The molecule has 96 valence electrons. The maximum atomic E-state index is 11.4. The van der Waals surface area contributed by atoms with Gasteiger partial charge in [-0.3, -0.25) is 13.8 Å². The van der Waals surface area contributed by atoms with Crippen molar-refractivity contribution in [2.45, 2.75) is 24.9 Å². The molecule has 1 unspecified atom stereocenters.